The smallest absolute Gasteiger partial charge is 0.300 e. The number of carbonyl (C=O) groups is 2. The maximum absolute atomic E-state index is 10.5. The Morgan fingerprint density at radius 3 is 1.63 bits per heavy atom. The van der Waals surface area contributed by atoms with Crippen LogP contribution in [0.4, 0.5) is 0 Å². The van der Waals surface area contributed by atoms with E-state index < -0.39 is 12.1 Å². The molecule has 0 heterocycles. The molecule has 1 saturated carbocycles. The largest absolute Gasteiger partial charge is 0.481 e. The molecular weight excluding hydrogens is 252 g/mol. The first-order valence-electron chi connectivity index (χ1n) is 6.22. The van der Waals surface area contributed by atoms with Gasteiger partial charge in [-0.2, -0.15) is 0 Å². The Balaban J connectivity index is -0.000000191. The summed E-state index contributed by atoms with van der Waals surface area (Å²) in [6, 6.07) is 0. The summed E-state index contributed by atoms with van der Waals surface area (Å²) in [5.41, 5.74) is 0. The van der Waals surface area contributed by atoms with Crippen molar-refractivity contribution < 1.29 is 29.6 Å². The van der Waals surface area contributed by atoms with Crippen LogP contribution in [0.3, 0.4) is 0 Å². The Labute approximate surface area is 115 Å². The molecule has 1 aliphatic rings. The fourth-order valence-corrected chi connectivity index (χ4v) is 0.946. The Morgan fingerprint density at radius 1 is 1.26 bits per heavy atom. The summed E-state index contributed by atoms with van der Waals surface area (Å²) in [5, 5.41) is 23.4. The first-order chi connectivity index (χ1) is 8.81. The predicted octanol–water partition coefficient (Wildman–Crippen LogP) is 1.23. The molecular formula is C13H28O6. The van der Waals surface area contributed by atoms with Gasteiger partial charge in [0.15, 0.2) is 0 Å². The highest BCUT2D eigenvalue weighted by molar-refractivity contribution is 5.78. The van der Waals surface area contributed by atoms with Gasteiger partial charge in [0.2, 0.25) is 0 Å². The van der Waals surface area contributed by atoms with E-state index in [4.69, 9.17) is 20.1 Å². The number of carboxylic acid groups (broad SMARTS) is 1. The third-order valence-corrected chi connectivity index (χ3v) is 1.68. The molecule has 6 heteroatoms. The number of aliphatic hydroxyl groups is 2. The van der Waals surface area contributed by atoms with Crippen LogP contribution in [0.5, 0.6) is 0 Å². The third-order valence-electron chi connectivity index (χ3n) is 1.68. The van der Waals surface area contributed by atoms with Crippen LogP contribution in [0.15, 0.2) is 0 Å². The van der Waals surface area contributed by atoms with Crippen molar-refractivity contribution in [3.63, 3.8) is 0 Å². The molecule has 3 N–H and O–H groups in total. The molecule has 6 nitrogen and oxygen atoms in total. The number of Topliss-reactive ketones (excluding diaryl/α,β-unsaturated/α-hetero) is 1. The van der Waals surface area contributed by atoms with Gasteiger partial charge in [0, 0.05) is 34.0 Å². The molecule has 0 saturated heterocycles. The van der Waals surface area contributed by atoms with Gasteiger partial charge in [-0.25, -0.2) is 0 Å². The van der Waals surface area contributed by atoms with E-state index in [1.54, 1.807) is 14.2 Å². The van der Waals surface area contributed by atoms with Crippen LogP contribution in [0.1, 0.15) is 46.0 Å². The molecule has 0 bridgehead atoms. The van der Waals surface area contributed by atoms with Crippen molar-refractivity contribution in [3.05, 3.63) is 0 Å². The second kappa shape index (κ2) is 19.4. The molecule has 116 valence electrons. The number of aliphatic hydroxyl groups excluding tert-OH is 2. The molecule has 19 heavy (non-hydrogen) atoms. The number of carboxylic acids is 1. The van der Waals surface area contributed by atoms with E-state index in [2.05, 4.69) is 4.74 Å². The van der Waals surface area contributed by atoms with Crippen molar-refractivity contribution in [3.8, 4) is 0 Å². The number of carbonyl (C=O) groups excluding carboxylic acids is 1. The van der Waals surface area contributed by atoms with E-state index >= 15 is 0 Å². The Hall–Kier alpha value is -0.980. The lowest BCUT2D eigenvalue weighted by molar-refractivity contribution is -0.134. The molecule has 0 amide bonds. The van der Waals surface area contributed by atoms with Crippen molar-refractivity contribution >= 4 is 11.8 Å². The highest BCUT2D eigenvalue weighted by Gasteiger charge is 2.05. The maximum atomic E-state index is 10.5. The molecule has 1 unspecified atom stereocenters. The predicted molar refractivity (Wildman–Crippen MR) is 73.1 cm³/mol. The van der Waals surface area contributed by atoms with Gasteiger partial charge in [-0.05, 0) is 19.8 Å². The number of hydrogen-bond acceptors (Lipinski definition) is 5. The lowest BCUT2D eigenvalue weighted by Crippen LogP contribution is -2.03. The quantitative estimate of drug-likeness (QED) is 0.667. The SMILES string of the molecule is CC(=O)O.CC(O)CO.COC.O=C1CCCCC1. The van der Waals surface area contributed by atoms with E-state index in [1.165, 1.54) is 13.3 Å². The summed E-state index contributed by atoms with van der Waals surface area (Å²) in [7, 11) is 3.25. The number of rotatable bonds is 1. The molecule has 1 aliphatic carbocycles. The summed E-state index contributed by atoms with van der Waals surface area (Å²) in [4.78, 5) is 19.5. The van der Waals surface area contributed by atoms with Crippen molar-refractivity contribution in [2.24, 2.45) is 0 Å². The molecule has 0 spiro atoms. The van der Waals surface area contributed by atoms with E-state index in [0.717, 1.165) is 32.6 Å². The zero-order chi connectivity index (χ0) is 15.7. The Kier molecular flexibility index (Phi) is 23.6. The normalized spacial score (nSPS) is 14.5. The van der Waals surface area contributed by atoms with Gasteiger partial charge in [-0.1, -0.05) is 6.42 Å². The highest BCUT2D eigenvalue weighted by Crippen LogP contribution is 2.12. The minimum Gasteiger partial charge on any atom is -0.481 e. The molecule has 0 aromatic heterocycles. The zero-order valence-corrected chi connectivity index (χ0v) is 12.4. The fourth-order valence-electron chi connectivity index (χ4n) is 0.946. The van der Waals surface area contributed by atoms with Gasteiger partial charge in [0.05, 0.1) is 12.7 Å². The summed E-state index contributed by atoms with van der Waals surface area (Å²) in [5.74, 6) is -0.369. The van der Waals surface area contributed by atoms with Crippen LogP contribution in [0, 0.1) is 0 Å². The Morgan fingerprint density at radius 2 is 1.53 bits per heavy atom. The molecule has 0 aromatic rings. The van der Waals surface area contributed by atoms with Crippen LogP contribution < -0.4 is 0 Å². The van der Waals surface area contributed by atoms with Gasteiger partial charge in [-0.15, -0.1) is 0 Å². The molecule has 0 radical (unpaired) electrons. The second-order valence-electron chi connectivity index (χ2n) is 4.06. The average Bonchev–Trinajstić information content (AvgIpc) is 2.31. The lowest BCUT2D eigenvalue weighted by atomic mass is 10.00. The van der Waals surface area contributed by atoms with Crippen LogP contribution in [0.25, 0.3) is 0 Å². The molecule has 0 aliphatic heterocycles. The van der Waals surface area contributed by atoms with Gasteiger partial charge in [0.1, 0.15) is 5.78 Å². The fraction of sp³-hybridized carbons (Fsp3) is 0.846. The first-order valence-corrected chi connectivity index (χ1v) is 6.22. The second-order valence-corrected chi connectivity index (χ2v) is 4.06. The number of methoxy groups -OCH3 is 1. The van der Waals surface area contributed by atoms with Gasteiger partial charge < -0.3 is 20.1 Å². The summed E-state index contributed by atoms with van der Waals surface area (Å²) < 4.78 is 4.25. The molecule has 1 atom stereocenters. The number of ether oxygens (including phenoxy) is 1. The zero-order valence-electron chi connectivity index (χ0n) is 12.4. The molecule has 0 aromatic carbocycles. The van der Waals surface area contributed by atoms with Crippen LogP contribution in [0.2, 0.25) is 0 Å². The first kappa shape index (κ1) is 23.1. The van der Waals surface area contributed by atoms with Crippen molar-refractivity contribution in [1.82, 2.24) is 0 Å². The average molecular weight is 280 g/mol. The van der Waals surface area contributed by atoms with Gasteiger partial charge >= 0.3 is 0 Å². The Bertz CT molecular complexity index is 191. The number of aliphatic carboxylic acids is 1. The molecule has 1 fully saturated rings. The van der Waals surface area contributed by atoms with E-state index in [0.29, 0.717) is 5.78 Å². The van der Waals surface area contributed by atoms with Crippen molar-refractivity contribution in [2.45, 2.75) is 52.1 Å². The van der Waals surface area contributed by atoms with Crippen LogP contribution in [-0.2, 0) is 14.3 Å². The highest BCUT2D eigenvalue weighted by atomic mass is 16.4. The standard InChI is InChI=1S/C6H10O.C3H8O2.C2H4O2.C2H6O/c7-6-4-2-1-3-5-6;1-3(5)2-4;1-2(3)4;1-3-2/h1-5H2;3-5H,2H2,1H3;1H3,(H,3,4);1-2H3. The minimum absolute atomic E-state index is 0.139. The summed E-state index contributed by atoms with van der Waals surface area (Å²) in [6.07, 6.45) is 4.68. The number of hydrogen-bond donors (Lipinski definition) is 3. The van der Waals surface area contributed by atoms with E-state index in [9.17, 15) is 4.79 Å². The van der Waals surface area contributed by atoms with E-state index in [-0.39, 0.29) is 6.61 Å². The monoisotopic (exact) mass is 280 g/mol. The number of ketones is 1. The topological polar surface area (TPSA) is 104 Å². The maximum Gasteiger partial charge on any atom is 0.300 e. The van der Waals surface area contributed by atoms with E-state index in [1.807, 2.05) is 0 Å². The third kappa shape index (κ3) is 47.2. The van der Waals surface area contributed by atoms with Crippen molar-refractivity contribution in [2.75, 3.05) is 20.8 Å². The van der Waals surface area contributed by atoms with Gasteiger partial charge in [-0.3, -0.25) is 9.59 Å². The minimum atomic E-state index is -0.833. The lowest BCUT2D eigenvalue weighted by Gasteiger charge is -2.05. The summed E-state index contributed by atoms with van der Waals surface area (Å²) >= 11 is 0. The summed E-state index contributed by atoms with van der Waals surface area (Å²) in [6.45, 7) is 2.47. The van der Waals surface area contributed by atoms with Crippen molar-refractivity contribution in [1.29, 1.82) is 0 Å². The van der Waals surface area contributed by atoms with Crippen LogP contribution >= 0.6 is 0 Å². The van der Waals surface area contributed by atoms with Gasteiger partial charge in [0.25, 0.3) is 5.97 Å². The molecule has 1 rings (SSSR count). The van der Waals surface area contributed by atoms with Crippen LogP contribution in [-0.4, -0.2) is 54.0 Å².